The lowest BCUT2D eigenvalue weighted by atomic mass is 10.1. The molecule has 2 heteroatoms. The van der Waals surface area contributed by atoms with Crippen molar-refractivity contribution in [3.63, 3.8) is 0 Å². The van der Waals surface area contributed by atoms with Crippen LogP contribution >= 0.6 is 0 Å². The zero-order valence-electron chi connectivity index (χ0n) is 13.6. The number of hydrogen-bond donors (Lipinski definition) is 0. The molecule has 0 fully saturated rings. The largest absolute Gasteiger partial charge is 0.393 e. The molecule has 0 aromatic carbocycles. The smallest absolute Gasteiger partial charge is 0.122 e. The second-order valence-corrected chi connectivity index (χ2v) is 5.53. The molecule has 0 aliphatic carbocycles. The van der Waals surface area contributed by atoms with Crippen molar-refractivity contribution in [2.45, 2.75) is 79.8 Å². The minimum Gasteiger partial charge on any atom is -0.393 e. The zero-order chi connectivity index (χ0) is 14.7. The van der Waals surface area contributed by atoms with Crippen molar-refractivity contribution < 1.29 is 4.84 Å². The summed E-state index contributed by atoms with van der Waals surface area (Å²) in [6.07, 6.45) is 10.3. The van der Waals surface area contributed by atoms with Crippen LogP contribution in [-0.2, 0) is 4.84 Å². The lowest BCUT2D eigenvalue weighted by molar-refractivity contribution is 0.0853. The van der Waals surface area contributed by atoms with Gasteiger partial charge >= 0.3 is 0 Å². The summed E-state index contributed by atoms with van der Waals surface area (Å²) in [7, 11) is 0. The van der Waals surface area contributed by atoms with Gasteiger partial charge in [0.25, 0.3) is 0 Å². The molecule has 0 saturated heterocycles. The van der Waals surface area contributed by atoms with Crippen LogP contribution in [0.3, 0.4) is 0 Å². The van der Waals surface area contributed by atoms with Crippen molar-refractivity contribution >= 4 is 5.71 Å². The monoisotopic (exact) mass is 265 g/mol. The fourth-order valence-corrected chi connectivity index (χ4v) is 1.72. The topological polar surface area (TPSA) is 21.6 Å². The highest BCUT2D eigenvalue weighted by molar-refractivity contribution is 5.81. The maximum Gasteiger partial charge on any atom is 0.122 e. The first-order chi connectivity index (χ1) is 8.95. The Bertz CT molecular complexity index is 324. The van der Waals surface area contributed by atoms with Gasteiger partial charge in [-0.2, -0.15) is 0 Å². The molecule has 2 nitrogen and oxygen atoms in total. The number of nitrogens with zero attached hydrogens (tertiary/aromatic N) is 1. The van der Waals surface area contributed by atoms with Crippen LogP contribution < -0.4 is 0 Å². The van der Waals surface area contributed by atoms with Gasteiger partial charge < -0.3 is 4.84 Å². The molecule has 0 atom stereocenters. The molecular formula is C17H31NO. The Hall–Kier alpha value is -1.05. The third-order valence-corrected chi connectivity index (χ3v) is 2.88. The summed E-state index contributed by atoms with van der Waals surface area (Å²) in [5, 5.41) is 4.11. The molecule has 19 heavy (non-hydrogen) atoms. The van der Waals surface area contributed by atoms with E-state index in [0.717, 1.165) is 31.4 Å². The van der Waals surface area contributed by atoms with Gasteiger partial charge in [-0.25, -0.2) is 0 Å². The first-order valence-corrected chi connectivity index (χ1v) is 7.46. The van der Waals surface area contributed by atoms with Crippen LogP contribution in [0.25, 0.3) is 0 Å². The summed E-state index contributed by atoms with van der Waals surface area (Å²) in [4.78, 5) is 5.24. The molecular weight excluding hydrogens is 234 g/mol. The van der Waals surface area contributed by atoms with Crippen molar-refractivity contribution in [3.05, 3.63) is 23.3 Å². The van der Waals surface area contributed by atoms with Crippen molar-refractivity contribution in [3.8, 4) is 0 Å². The van der Waals surface area contributed by atoms with Gasteiger partial charge in [-0.3, -0.25) is 0 Å². The Kier molecular flexibility index (Phi) is 10.2. The highest BCUT2D eigenvalue weighted by Crippen LogP contribution is 2.11. The number of hydrogen-bond acceptors (Lipinski definition) is 2. The molecule has 0 bridgehead atoms. The highest BCUT2D eigenvalue weighted by atomic mass is 16.6. The average Bonchev–Trinajstić information content (AvgIpc) is 2.34. The molecule has 0 aliphatic rings. The Morgan fingerprint density at radius 1 is 1.00 bits per heavy atom. The van der Waals surface area contributed by atoms with Gasteiger partial charge in [-0.05, 0) is 66.7 Å². The summed E-state index contributed by atoms with van der Waals surface area (Å²) < 4.78 is 0. The molecule has 0 aliphatic heterocycles. The summed E-state index contributed by atoms with van der Waals surface area (Å²) in [6.45, 7) is 12.6. The van der Waals surface area contributed by atoms with Gasteiger partial charge in [0.05, 0.1) is 5.71 Å². The van der Waals surface area contributed by atoms with Crippen LogP contribution in [-0.4, -0.2) is 11.8 Å². The molecule has 0 N–H and O–H groups in total. The molecule has 0 saturated carbocycles. The lowest BCUT2D eigenvalue weighted by Gasteiger charge is -2.05. The van der Waals surface area contributed by atoms with E-state index in [1.165, 1.54) is 17.6 Å². The first kappa shape index (κ1) is 17.9. The molecule has 0 amide bonds. The predicted octanol–water partition coefficient (Wildman–Crippen LogP) is 5.65. The van der Waals surface area contributed by atoms with Crippen molar-refractivity contribution in [1.29, 1.82) is 0 Å². The van der Waals surface area contributed by atoms with Crippen molar-refractivity contribution in [1.82, 2.24) is 0 Å². The lowest BCUT2D eigenvalue weighted by Crippen LogP contribution is -2.00. The first-order valence-electron chi connectivity index (χ1n) is 7.46. The van der Waals surface area contributed by atoms with Gasteiger partial charge in [0.2, 0.25) is 0 Å². The Labute approximate surface area is 119 Å². The fourth-order valence-electron chi connectivity index (χ4n) is 1.72. The van der Waals surface area contributed by atoms with Gasteiger partial charge in [0.15, 0.2) is 0 Å². The molecule has 0 unspecified atom stereocenters. The Morgan fingerprint density at radius 2 is 1.63 bits per heavy atom. The average molecular weight is 265 g/mol. The number of allylic oxidation sites excluding steroid dienone is 4. The summed E-state index contributed by atoms with van der Waals surface area (Å²) in [5.74, 6) is 0. The molecule has 0 heterocycles. The van der Waals surface area contributed by atoms with Crippen LogP contribution in [0.15, 0.2) is 28.5 Å². The van der Waals surface area contributed by atoms with E-state index < -0.39 is 0 Å². The molecule has 0 aromatic heterocycles. The van der Waals surface area contributed by atoms with Gasteiger partial charge in [0.1, 0.15) is 6.10 Å². The van der Waals surface area contributed by atoms with Crippen LogP contribution in [0.1, 0.15) is 73.6 Å². The Balaban J connectivity index is 3.93. The van der Waals surface area contributed by atoms with E-state index in [2.05, 4.69) is 38.1 Å². The van der Waals surface area contributed by atoms with Crippen LogP contribution in [0.4, 0.5) is 0 Å². The van der Waals surface area contributed by atoms with Crippen molar-refractivity contribution in [2.75, 3.05) is 0 Å². The zero-order valence-corrected chi connectivity index (χ0v) is 13.6. The molecule has 110 valence electrons. The molecule has 0 rings (SSSR count). The van der Waals surface area contributed by atoms with Crippen molar-refractivity contribution in [2.24, 2.45) is 5.16 Å². The second-order valence-electron chi connectivity index (χ2n) is 5.53. The Morgan fingerprint density at radius 3 is 2.21 bits per heavy atom. The quantitative estimate of drug-likeness (QED) is 0.300. The standard InChI is InChI=1S/C17H31NO/c1-7-9-15(4)10-8-11-16(5)12-13-17(6)18-19-14(2)3/h9,11,14H,7-8,10,12-13H2,1-6H3/b15-9+,16-11+,18-17+. The van der Waals surface area contributed by atoms with E-state index in [0.29, 0.717) is 0 Å². The van der Waals surface area contributed by atoms with E-state index in [1.807, 2.05) is 20.8 Å². The summed E-state index contributed by atoms with van der Waals surface area (Å²) in [5.41, 5.74) is 4.02. The normalized spacial score (nSPS) is 14.2. The molecule has 0 aromatic rings. The minimum absolute atomic E-state index is 0.167. The number of oxime groups is 1. The van der Waals surface area contributed by atoms with Gasteiger partial charge in [0, 0.05) is 0 Å². The highest BCUT2D eigenvalue weighted by Gasteiger charge is 1.97. The van der Waals surface area contributed by atoms with Gasteiger partial charge in [-0.1, -0.05) is 35.4 Å². The predicted molar refractivity (Wildman–Crippen MR) is 85.6 cm³/mol. The third kappa shape index (κ3) is 11.8. The van der Waals surface area contributed by atoms with E-state index in [-0.39, 0.29) is 6.10 Å². The minimum atomic E-state index is 0.167. The van der Waals surface area contributed by atoms with E-state index in [1.54, 1.807) is 0 Å². The molecule has 0 radical (unpaired) electrons. The summed E-state index contributed by atoms with van der Waals surface area (Å²) in [6, 6.07) is 0. The fraction of sp³-hybridized carbons (Fsp3) is 0.706. The number of rotatable bonds is 9. The van der Waals surface area contributed by atoms with E-state index >= 15 is 0 Å². The molecule has 0 spiro atoms. The second kappa shape index (κ2) is 10.8. The SMILES string of the molecule is CC/C=C(\C)CC/C=C(\C)CC/C(C)=N/OC(C)C. The van der Waals surface area contributed by atoms with Crippen LogP contribution in [0.5, 0.6) is 0 Å². The van der Waals surface area contributed by atoms with Crippen LogP contribution in [0.2, 0.25) is 0 Å². The summed E-state index contributed by atoms with van der Waals surface area (Å²) >= 11 is 0. The maximum absolute atomic E-state index is 5.24. The maximum atomic E-state index is 5.24. The van der Waals surface area contributed by atoms with Gasteiger partial charge in [-0.15, -0.1) is 0 Å². The van der Waals surface area contributed by atoms with Crippen LogP contribution in [0, 0.1) is 0 Å². The van der Waals surface area contributed by atoms with E-state index in [9.17, 15) is 0 Å². The third-order valence-electron chi connectivity index (χ3n) is 2.88. The van der Waals surface area contributed by atoms with E-state index in [4.69, 9.17) is 4.84 Å².